The zero-order valence-corrected chi connectivity index (χ0v) is 19.5. The number of methoxy groups -OCH3 is 1. The lowest BCUT2D eigenvalue weighted by molar-refractivity contribution is -0.125. The summed E-state index contributed by atoms with van der Waals surface area (Å²) in [5.74, 6) is -0.504. The maximum atomic E-state index is 13.5. The van der Waals surface area contributed by atoms with Crippen LogP contribution in [0.5, 0.6) is 5.75 Å². The fourth-order valence-electron chi connectivity index (χ4n) is 3.82. The van der Waals surface area contributed by atoms with Crippen LogP contribution in [0.15, 0.2) is 58.3 Å². The highest BCUT2D eigenvalue weighted by Gasteiger charge is 2.32. The Morgan fingerprint density at radius 2 is 2.03 bits per heavy atom. The summed E-state index contributed by atoms with van der Waals surface area (Å²) in [5.41, 5.74) is 6.66. The molecule has 4 aromatic rings. The van der Waals surface area contributed by atoms with E-state index < -0.39 is 30.0 Å². The van der Waals surface area contributed by atoms with E-state index in [0.29, 0.717) is 11.5 Å². The van der Waals surface area contributed by atoms with Crippen molar-refractivity contribution in [3.63, 3.8) is 0 Å². The van der Waals surface area contributed by atoms with Crippen LogP contribution in [0.25, 0.3) is 21.5 Å². The van der Waals surface area contributed by atoms with Crippen LogP contribution >= 0.6 is 11.3 Å². The predicted molar refractivity (Wildman–Crippen MR) is 128 cm³/mol. The third-order valence-electron chi connectivity index (χ3n) is 5.55. The third kappa shape index (κ3) is 4.26. The highest BCUT2D eigenvalue weighted by molar-refractivity contribution is 7.21. The first-order valence-electron chi connectivity index (χ1n) is 10.6. The van der Waals surface area contributed by atoms with Gasteiger partial charge in [0.05, 0.1) is 24.8 Å². The molecule has 184 valence electrons. The van der Waals surface area contributed by atoms with Gasteiger partial charge in [0, 0.05) is 17.4 Å². The quantitative estimate of drug-likeness (QED) is 0.368. The monoisotopic (exact) mass is 512 g/mol. The number of oxime groups is 1. The number of hydrogen-bond donors (Lipinski definition) is 2. The van der Waals surface area contributed by atoms with Crippen molar-refractivity contribution in [1.29, 1.82) is 0 Å². The molecule has 1 unspecified atom stereocenters. The zero-order chi connectivity index (χ0) is 25.4. The van der Waals surface area contributed by atoms with Gasteiger partial charge in [0.2, 0.25) is 6.10 Å². The minimum Gasteiger partial charge on any atom is -0.497 e. The molecule has 0 saturated heterocycles. The number of carbonyl (C=O) groups excluding carboxylic acids is 2. The van der Waals surface area contributed by atoms with Crippen LogP contribution in [0.4, 0.5) is 14.5 Å². The number of halogens is 2. The predicted octanol–water partition coefficient (Wildman–Crippen LogP) is 4.73. The lowest BCUT2D eigenvalue weighted by atomic mass is 10.0. The molecule has 36 heavy (non-hydrogen) atoms. The van der Waals surface area contributed by atoms with Gasteiger partial charge in [-0.05, 0) is 48.0 Å². The van der Waals surface area contributed by atoms with Crippen LogP contribution in [0.2, 0.25) is 0 Å². The fourth-order valence-corrected chi connectivity index (χ4v) is 4.84. The van der Waals surface area contributed by atoms with E-state index in [1.54, 1.807) is 43.5 Å². The average molecular weight is 512 g/mol. The second-order valence-corrected chi connectivity index (χ2v) is 8.78. The molecule has 1 aliphatic rings. The first-order chi connectivity index (χ1) is 17.4. The maximum absolute atomic E-state index is 13.5. The molecule has 1 aromatic carbocycles. The lowest BCUT2D eigenvalue weighted by Gasteiger charge is -2.12. The van der Waals surface area contributed by atoms with Gasteiger partial charge in [-0.1, -0.05) is 5.16 Å². The molecule has 5 rings (SSSR count). The second-order valence-electron chi connectivity index (χ2n) is 7.78. The molecule has 4 heterocycles. The molecule has 12 heteroatoms. The first kappa shape index (κ1) is 23.4. The highest BCUT2D eigenvalue weighted by Crippen LogP contribution is 2.42. The van der Waals surface area contributed by atoms with Crippen molar-refractivity contribution in [1.82, 2.24) is 4.98 Å². The Hall–Kier alpha value is -4.32. The summed E-state index contributed by atoms with van der Waals surface area (Å²) >= 11 is 0.804. The largest absolute Gasteiger partial charge is 0.497 e. The number of ether oxygens (including phenoxy) is 1. The van der Waals surface area contributed by atoms with Crippen molar-refractivity contribution in [2.45, 2.75) is 19.0 Å². The smallest absolute Gasteiger partial charge is 0.280 e. The van der Waals surface area contributed by atoms with E-state index in [1.807, 2.05) is 0 Å². The molecule has 0 fully saturated rings. The van der Waals surface area contributed by atoms with Gasteiger partial charge in [-0.25, -0.2) is 13.8 Å². The topological polar surface area (TPSA) is 129 Å². The number of primary amides is 1. The van der Waals surface area contributed by atoms with Crippen molar-refractivity contribution in [3.8, 4) is 17.1 Å². The summed E-state index contributed by atoms with van der Waals surface area (Å²) in [6.07, 6.45) is -2.29. The SMILES string of the molecule is COc1ccc(C2=NOC(C(=O)Nc3c(C(N)=O)sc4nc(C(F)F)cc(-c5ccco5)c34)C2)cc1. The average Bonchev–Trinajstić information content (AvgIpc) is 3.63. The third-order valence-corrected chi connectivity index (χ3v) is 6.65. The minimum atomic E-state index is -2.86. The van der Waals surface area contributed by atoms with Crippen molar-refractivity contribution < 1.29 is 32.4 Å². The number of fused-ring (bicyclic) bond motifs is 1. The summed E-state index contributed by atoms with van der Waals surface area (Å²) in [5, 5.41) is 6.96. The van der Waals surface area contributed by atoms with E-state index in [1.165, 1.54) is 6.26 Å². The van der Waals surface area contributed by atoms with Gasteiger partial charge in [0.15, 0.2) is 0 Å². The Balaban J connectivity index is 1.49. The molecule has 1 aliphatic heterocycles. The molecule has 3 N–H and O–H groups in total. The molecule has 1 atom stereocenters. The molecule has 0 bridgehead atoms. The van der Waals surface area contributed by atoms with Gasteiger partial charge in [-0.2, -0.15) is 0 Å². The number of hydrogen-bond acceptors (Lipinski definition) is 8. The second kappa shape index (κ2) is 9.38. The van der Waals surface area contributed by atoms with Crippen molar-refractivity contribution in [2.24, 2.45) is 10.9 Å². The van der Waals surface area contributed by atoms with Gasteiger partial charge < -0.3 is 25.0 Å². The van der Waals surface area contributed by atoms with E-state index in [-0.39, 0.29) is 38.5 Å². The molecule has 0 saturated carbocycles. The van der Waals surface area contributed by atoms with Crippen LogP contribution < -0.4 is 15.8 Å². The van der Waals surface area contributed by atoms with Gasteiger partial charge in [-0.3, -0.25) is 9.59 Å². The summed E-state index contributed by atoms with van der Waals surface area (Å²) < 4.78 is 37.6. The van der Waals surface area contributed by atoms with Gasteiger partial charge >= 0.3 is 0 Å². The highest BCUT2D eigenvalue weighted by atomic mass is 32.1. The van der Waals surface area contributed by atoms with Crippen molar-refractivity contribution >= 4 is 44.8 Å². The summed E-state index contributed by atoms with van der Waals surface area (Å²) in [6.45, 7) is 0. The Bertz CT molecular complexity index is 1480. The number of benzene rings is 1. The molecule has 0 spiro atoms. The Kier molecular flexibility index (Phi) is 6.10. The molecular formula is C24H18F2N4O5S. The Labute approximate surface area is 206 Å². The van der Waals surface area contributed by atoms with Crippen LogP contribution in [0.3, 0.4) is 0 Å². The number of nitrogens with zero attached hydrogens (tertiary/aromatic N) is 2. The van der Waals surface area contributed by atoms with Crippen LogP contribution in [-0.2, 0) is 9.63 Å². The molecule has 0 aliphatic carbocycles. The normalized spacial score (nSPS) is 15.1. The van der Waals surface area contributed by atoms with E-state index in [9.17, 15) is 18.4 Å². The van der Waals surface area contributed by atoms with Gasteiger partial charge in [-0.15, -0.1) is 11.3 Å². The van der Waals surface area contributed by atoms with E-state index in [4.69, 9.17) is 19.7 Å². The summed E-state index contributed by atoms with van der Waals surface area (Å²) in [7, 11) is 1.56. The number of carbonyl (C=O) groups is 2. The van der Waals surface area contributed by atoms with Crippen LogP contribution in [0, 0.1) is 0 Å². The number of amides is 2. The number of aromatic nitrogens is 1. The Morgan fingerprint density at radius 1 is 1.25 bits per heavy atom. The number of rotatable bonds is 7. The van der Waals surface area contributed by atoms with E-state index >= 15 is 0 Å². The zero-order valence-electron chi connectivity index (χ0n) is 18.7. The Morgan fingerprint density at radius 3 is 2.67 bits per heavy atom. The first-order valence-corrected chi connectivity index (χ1v) is 11.4. The molecule has 9 nitrogen and oxygen atoms in total. The van der Waals surface area contributed by atoms with Crippen LogP contribution in [0.1, 0.15) is 33.8 Å². The number of furan rings is 1. The van der Waals surface area contributed by atoms with Gasteiger partial charge in [0.25, 0.3) is 18.2 Å². The number of pyridine rings is 1. The molecular weight excluding hydrogens is 494 g/mol. The lowest BCUT2D eigenvalue weighted by Crippen LogP contribution is -2.29. The van der Waals surface area contributed by atoms with E-state index in [2.05, 4.69) is 15.5 Å². The standard InChI is InChI=1S/C24H18F2N4O5S/c1-33-12-6-4-11(5-7-12)14-10-17(35-30-14)23(32)29-19-18-13(16-3-2-8-34-16)9-15(21(25)26)28-24(18)36-20(19)22(27)31/h2-9,17,21H,10H2,1H3,(H2,27,31)(H,29,32). The number of nitrogens with two attached hydrogens (primary N) is 1. The van der Waals surface area contributed by atoms with Crippen molar-refractivity contribution in [3.05, 3.63) is 64.9 Å². The molecule has 3 aromatic heterocycles. The molecule has 0 radical (unpaired) electrons. The van der Waals surface area contributed by atoms with E-state index in [0.717, 1.165) is 23.0 Å². The minimum absolute atomic E-state index is 0.0423. The summed E-state index contributed by atoms with van der Waals surface area (Å²) in [4.78, 5) is 34.8. The maximum Gasteiger partial charge on any atom is 0.280 e. The number of thiophene rings is 1. The van der Waals surface area contributed by atoms with Crippen molar-refractivity contribution in [2.75, 3.05) is 12.4 Å². The van der Waals surface area contributed by atoms with Crippen LogP contribution in [-0.4, -0.2) is 35.7 Å². The van der Waals surface area contributed by atoms with Gasteiger partial charge in [0.1, 0.15) is 26.9 Å². The number of nitrogens with one attached hydrogen (secondary N) is 1. The molecule has 2 amide bonds. The fraction of sp³-hybridized carbons (Fsp3) is 0.167. The number of anilines is 1. The number of alkyl halides is 2. The summed E-state index contributed by atoms with van der Waals surface area (Å²) in [6, 6.07) is 11.4.